The molecule has 1 aromatic heterocycles. The first kappa shape index (κ1) is 16.3. The van der Waals surface area contributed by atoms with Gasteiger partial charge in [-0.2, -0.15) is 0 Å². The molecule has 4 unspecified atom stereocenters. The second-order valence-electron chi connectivity index (χ2n) is 8.07. The average Bonchev–Trinajstić information content (AvgIpc) is 3.16. The fraction of sp³-hybridized carbons (Fsp3) is 0.550. The molecule has 132 valence electrons. The second-order valence-corrected chi connectivity index (χ2v) is 8.07. The van der Waals surface area contributed by atoms with Crippen molar-refractivity contribution in [2.75, 3.05) is 0 Å². The number of esters is 1. The molecule has 4 atom stereocenters. The van der Waals surface area contributed by atoms with Crippen LogP contribution in [0.1, 0.15) is 45.6 Å². The minimum atomic E-state index is -1.25. The van der Waals surface area contributed by atoms with E-state index < -0.39 is 28.3 Å². The highest BCUT2D eigenvalue weighted by atomic mass is 16.6. The van der Waals surface area contributed by atoms with Crippen molar-refractivity contribution in [2.24, 2.45) is 16.2 Å². The van der Waals surface area contributed by atoms with Crippen LogP contribution in [0.15, 0.2) is 34.7 Å². The smallest absolute Gasteiger partial charge is 0.320 e. The zero-order valence-electron chi connectivity index (χ0n) is 14.8. The molecule has 0 N–H and O–H groups in total. The number of aryl methyl sites for hydroxylation is 1. The molecule has 25 heavy (non-hydrogen) atoms. The first-order chi connectivity index (χ1) is 11.7. The third-order valence-electron chi connectivity index (χ3n) is 7.30. The zero-order valence-corrected chi connectivity index (χ0v) is 14.8. The molecule has 5 heteroatoms. The van der Waals surface area contributed by atoms with Gasteiger partial charge in [0.25, 0.3) is 0 Å². The van der Waals surface area contributed by atoms with E-state index >= 15 is 0 Å². The fourth-order valence-corrected chi connectivity index (χ4v) is 5.24. The normalized spacial score (nSPS) is 39.9. The van der Waals surface area contributed by atoms with Crippen molar-refractivity contribution < 1.29 is 23.5 Å². The van der Waals surface area contributed by atoms with Crippen LogP contribution in [-0.2, 0) is 25.5 Å². The van der Waals surface area contributed by atoms with E-state index in [4.69, 9.17) is 9.15 Å². The van der Waals surface area contributed by atoms with Gasteiger partial charge >= 0.3 is 5.97 Å². The zero-order chi connectivity index (χ0) is 18.0. The Morgan fingerprint density at radius 1 is 1.16 bits per heavy atom. The van der Waals surface area contributed by atoms with Crippen LogP contribution in [0.25, 0.3) is 0 Å². The maximum absolute atomic E-state index is 12.7. The molecule has 1 aromatic rings. The molecule has 3 aliphatic rings. The first-order valence-electron chi connectivity index (χ1n) is 8.75. The Balaban J connectivity index is 1.79. The highest BCUT2D eigenvalue weighted by Gasteiger charge is 2.76. The van der Waals surface area contributed by atoms with Crippen molar-refractivity contribution in [3.63, 3.8) is 0 Å². The predicted molar refractivity (Wildman–Crippen MR) is 88.6 cm³/mol. The number of carbonyl (C=O) groups excluding carboxylic acids is 3. The van der Waals surface area contributed by atoms with Gasteiger partial charge in [-0.3, -0.25) is 14.4 Å². The molecule has 1 aliphatic heterocycles. The van der Waals surface area contributed by atoms with Gasteiger partial charge < -0.3 is 9.15 Å². The summed E-state index contributed by atoms with van der Waals surface area (Å²) in [6.07, 6.45) is 6.55. The number of rotatable bonds is 3. The number of Topliss-reactive ketones (excluding diaryl/α,β-unsaturated/α-hetero) is 1. The van der Waals surface area contributed by atoms with Crippen molar-refractivity contribution in [3.8, 4) is 0 Å². The van der Waals surface area contributed by atoms with Gasteiger partial charge in [0.15, 0.2) is 17.7 Å². The molecule has 2 heterocycles. The Hall–Kier alpha value is -2.17. The van der Waals surface area contributed by atoms with Gasteiger partial charge in [0.05, 0.1) is 12.5 Å². The number of hydrogen-bond acceptors (Lipinski definition) is 5. The highest BCUT2D eigenvalue weighted by Crippen LogP contribution is 2.69. The SMILES string of the molecule is CC12CCC(=O)C3(C)C(=O)OC(C(=O)C=C1CCc1ccoc1)C23C. The minimum Gasteiger partial charge on any atom is -0.472 e. The lowest BCUT2D eigenvalue weighted by atomic mass is 9.41. The van der Waals surface area contributed by atoms with Crippen LogP contribution in [0.2, 0.25) is 0 Å². The standard InChI is InChI=1S/C20H22O5/c1-18-8-6-15(22)19(2)17(23)25-16(20(18,19)3)14(21)10-13(18)5-4-12-7-9-24-11-12/h7,9-11,16H,4-6,8H2,1-3H3. The summed E-state index contributed by atoms with van der Waals surface area (Å²) >= 11 is 0. The van der Waals surface area contributed by atoms with Crippen LogP contribution in [0.5, 0.6) is 0 Å². The minimum absolute atomic E-state index is 0.108. The molecule has 0 spiro atoms. The number of hydrogen-bond donors (Lipinski definition) is 0. The lowest BCUT2D eigenvalue weighted by Gasteiger charge is -2.57. The summed E-state index contributed by atoms with van der Waals surface area (Å²) in [4.78, 5) is 38.0. The summed E-state index contributed by atoms with van der Waals surface area (Å²) < 4.78 is 10.6. The van der Waals surface area contributed by atoms with Crippen LogP contribution in [0.3, 0.4) is 0 Å². The first-order valence-corrected chi connectivity index (χ1v) is 8.75. The van der Waals surface area contributed by atoms with E-state index in [1.54, 1.807) is 25.5 Å². The molecular weight excluding hydrogens is 320 g/mol. The van der Waals surface area contributed by atoms with Gasteiger partial charge in [0.2, 0.25) is 0 Å². The van der Waals surface area contributed by atoms with Gasteiger partial charge in [0, 0.05) is 17.3 Å². The van der Waals surface area contributed by atoms with E-state index in [0.717, 1.165) is 17.6 Å². The third-order valence-corrected chi connectivity index (χ3v) is 7.30. The molecule has 1 saturated heterocycles. The molecule has 5 nitrogen and oxygen atoms in total. The maximum atomic E-state index is 12.7. The van der Waals surface area contributed by atoms with Crippen molar-refractivity contribution >= 4 is 17.5 Å². The summed E-state index contributed by atoms with van der Waals surface area (Å²) in [7, 11) is 0. The van der Waals surface area contributed by atoms with Gasteiger partial charge in [0.1, 0.15) is 5.41 Å². The molecule has 4 rings (SSSR count). The quantitative estimate of drug-likeness (QED) is 0.623. The van der Waals surface area contributed by atoms with Crippen LogP contribution < -0.4 is 0 Å². The predicted octanol–water partition coefficient (Wildman–Crippen LogP) is 3.03. The van der Waals surface area contributed by atoms with Crippen molar-refractivity contribution in [3.05, 3.63) is 35.8 Å². The number of furan rings is 1. The molecule has 0 bridgehead atoms. The van der Waals surface area contributed by atoms with E-state index in [-0.39, 0.29) is 11.6 Å². The third kappa shape index (κ3) is 1.76. The molecule has 0 aromatic carbocycles. The van der Waals surface area contributed by atoms with Crippen molar-refractivity contribution in [2.45, 2.75) is 52.6 Å². The van der Waals surface area contributed by atoms with E-state index in [2.05, 4.69) is 6.92 Å². The molecule has 2 aliphatic carbocycles. The van der Waals surface area contributed by atoms with E-state index in [9.17, 15) is 14.4 Å². The van der Waals surface area contributed by atoms with E-state index in [0.29, 0.717) is 19.3 Å². The Bertz CT molecular complexity index is 804. The Labute approximate surface area is 146 Å². The topological polar surface area (TPSA) is 73.6 Å². The lowest BCUT2D eigenvalue weighted by Crippen LogP contribution is -2.63. The largest absolute Gasteiger partial charge is 0.472 e. The Kier molecular flexibility index (Phi) is 3.22. The molecule has 0 amide bonds. The monoisotopic (exact) mass is 342 g/mol. The van der Waals surface area contributed by atoms with E-state index in [1.165, 1.54) is 0 Å². The Morgan fingerprint density at radius 3 is 2.60 bits per heavy atom. The highest BCUT2D eigenvalue weighted by molar-refractivity contribution is 6.11. The molecule has 0 radical (unpaired) electrons. The lowest BCUT2D eigenvalue weighted by molar-refractivity contribution is -0.158. The molecule has 1 saturated carbocycles. The number of ketones is 2. The number of ether oxygens (including phenoxy) is 1. The average molecular weight is 342 g/mol. The van der Waals surface area contributed by atoms with Crippen LogP contribution >= 0.6 is 0 Å². The summed E-state index contributed by atoms with van der Waals surface area (Å²) in [5.74, 6) is -0.855. The van der Waals surface area contributed by atoms with Crippen molar-refractivity contribution in [1.29, 1.82) is 0 Å². The van der Waals surface area contributed by atoms with Crippen molar-refractivity contribution in [1.82, 2.24) is 0 Å². The summed E-state index contributed by atoms with van der Waals surface area (Å²) in [5.41, 5.74) is -0.448. The second kappa shape index (κ2) is 4.93. The Morgan fingerprint density at radius 2 is 1.92 bits per heavy atom. The van der Waals surface area contributed by atoms with Crippen LogP contribution in [0.4, 0.5) is 0 Å². The summed E-state index contributed by atoms with van der Waals surface area (Å²) in [5, 5.41) is 0. The van der Waals surface area contributed by atoms with Gasteiger partial charge in [-0.15, -0.1) is 0 Å². The summed E-state index contributed by atoms with van der Waals surface area (Å²) in [6, 6.07) is 1.91. The van der Waals surface area contributed by atoms with Crippen LogP contribution in [0, 0.1) is 16.2 Å². The number of allylic oxidation sites excluding steroid dienone is 1. The summed E-state index contributed by atoms with van der Waals surface area (Å²) in [6.45, 7) is 5.64. The van der Waals surface area contributed by atoms with Gasteiger partial charge in [-0.25, -0.2) is 0 Å². The molecule has 2 fully saturated rings. The van der Waals surface area contributed by atoms with E-state index in [1.807, 2.05) is 13.0 Å². The van der Waals surface area contributed by atoms with Crippen LogP contribution in [-0.4, -0.2) is 23.6 Å². The number of carbonyl (C=O) groups is 3. The van der Waals surface area contributed by atoms with Gasteiger partial charge in [-0.1, -0.05) is 19.4 Å². The molecular formula is C20H22O5. The fourth-order valence-electron chi connectivity index (χ4n) is 5.24. The van der Waals surface area contributed by atoms with Gasteiger partial charge in [-0.05, 0) is 43.9 Å². The maximum Gasteiger partial charge on any atom is 0.320 e.